The van der Waals surface area contributed by atoms with Crippen molar-refractivity contribution >= 4 is 17.8 Å². The molecule has 2 aromatic carbocycles. The Kier molecular flexibility index (Phi) is 7.24. The second-order valence-electron chi connectivity index (χ2n) is 8.14. The summed E-state index contributed by atoms with van der Waals surface area (Å²) in [5.74, 6) is -0.759. The molecule has 33 heavy (non-hydrogen) atoms. The lowest BCUT2D eigenvalue weighted by Crippen LogP contribution is -2.57. The van der Waals surface area contributed by atoms with Gasteiger partial charge in [-0.15, -0.1) is 0 Å². The second kappa shape index (κ2) is 10.5. The number of methoxy groups -OCH3 is 1. The fourth-order valence-electron chi connectivity index (χ4n) is 4.23. The third-order valence-corrected chi connectivity index (χ3v) is 6.01. The zero-order valence-electron chi connectivity index (χ0n) is 19.1. The van der Waals surface area contributed by atoms with Crippen molar-refractivity contribution in [2.45, 2.75) is 19.5 Å². The standard InChI is InChI=1S/C25H30N4O4/c1-3-33-24(31)21-22(19-9-11-20(32-2)12-10-19)26-25(27-23(21)30)29-15-13-28(14-16-29)17-18-7-5-4-6-8-18/h4-12,21-22H,3,13-17H2,1-2H3,(H,26,27,30)/t21-,22+/m1/s1. The highest BCUT2D eigenvalue weighted by Crippen LogP contribution is 2.32. The number of carbonyl (C=O) groups excluding carboxylic acids is 2. The first kappa shape index (κ1) is 22.8. The summed E-state index contributed by atoms with van der Waals surface area (Å²) >= 11 is 0. The Hall–Kier alpha value is -3.39. The number of aliphatic imine (C=N–C) groups is 1. The number of hydrogen-bond acceptors (Lipinski definition) is 7. The predicted molar refractivity (Wildman–Crippen MR) is 125 cm³/mol. The summed E-state index contributed by atoms with van der Waals surface area (Å²) in [7, 11) is 1.60. The number of piperazine rings is 1. The molecule has 2 aliphatic heterocycles. The lowest BCUT2D eigenvalue weighted by atomic mass is 9.91. The molecule has 2 aliphatic rings. The van der Waals surface area contributed by atoms with Gasteiger partial charge in [-0.3, -0.25) is 19.8 Å². The molecule has 0 aromatic heterocycles. The quantitative estimate of drug-likeness (QED) is 0.537. The van der Waals surface area contributed by atoms with Crippen LogP contribution in [0.3, 0.4) is 0 Å². The van der Waals surface area contributed by atoms with Gasteiger partial charge in [-0.1, -0.05) is 42.5 Å². The fraction of sp³-hybridized carbons (Fsp3) is 0.400. The van der Waals surface area contributed by atoms with Crippen LogP contribution in [0.1, 0.15) is 24.1 Å². The number of nitrogens with one attached hydrogen (secondary N) is 1. The minimum Gasteiger partial charge on any atom is -0.497 e. The molecule has 1 fully saturated rings. The van der Waals surface area contributed by atoms with E-state index < -0.39 is 17.9 Å². The summed E-state index contributed by atoms with van der Waals surface area (Å²) in [4.78, 5) is 34.9. The van der Waals surface area contributed by atoms with Crippen LogP contribution in [-0.4, -0.2) is 67.5 Å². The third-order valence-electron chi connectivity index (χ3n) is 6.01. The van der Waals surface area contributed by atoms with Crippen molar-refractivity contribution in [2.24, 2.45) is 10.9 Å². The van der Waals surface area contributed by atoms with Crippen LogP contribution in [0, 0.1) is 5.92 Å². The number of rotatable bonds is 6. The Morgan fingerprint density at radius 2 is 1.76 bits per heavy atom. The van der Waals surface area contributed by atoms with E-state index >= 15 is 0 Å². The average Bonchev–Trinajstić information content (AvgIpc) is 2.85. The lowest BCUT2D eigenvalue weighted by molar-refractivity contribution is -0.153. The monoisotopic (exact) mass is 450 g/mol. The molecular formula is C25H30N4O4. The van der Waals surface area contributed by atoms with Gasteiger partial charge < -0.3 is 14.4 Å². The molecular weight excluding hydrogens is 420 g/mol. The molecule has 1 saturated heterocycles. The Bertz CT molecular complexity index is 985. The van der Waals surface area contributed by atoms with E-state index in [1.54, 1.807) is 14.0 Å². The van der Waals surface area contributed by atoms with E-state index in [2.05, 4.69) is 39.4 Å². The Morgan fingerprint density at radius 3 is 2.39 bits per heavy atom. The maximum atomic E-state index is 13.0. The van der Waals surface area contributed by atoms with Crippen molar-refractivity contribution in [2.75, 3.05) is 39.9 Å². The van der Waals surface area contributed by atoms with Crippen LogP contribution in [0.4, 0.5) is 0 Å². The largest absolute Gasteiger partial charge is 0.497 e. The number of guanidine groups is 1. The van der Waals surface area contributed by atoms with Crippen LogP contribution in [0.15, 0.2) is 59.6 Å². The van der Waals surface area contributed by atoms with E-state index in [9.17, 15) is 9.59 Å². The lowest BCUT2D eigenvalue weighted by Gasteiger charge is -2.39. The van der Waals surface area contributed by atoms with Crippen LogP contribution >= 0.6 is 0 Å². The highest BCUT2D eigenvalue weighted by molar-refractivity contribution is 6.08. The summed E-state index contributed by atoms with van der Waals surface area (Å²) in [5.41, 5.74) is 2.05. The van der Waals surface area contributed by atoms with Gasteiger partial charge in [-0.05, 0) is 30.2 Å². The highest BCUT2D eigenvalue weighted by atomic mass is 16.5. The second-order valence-corrected chi connectivity index (χ2v) is 8.14. The molecule has 0 unspecified atom stereocenters. The zero-order chi connectivity index (χ0) is 23.2. The van der Waals surface area contributed by atoms with Gasteiger partial charge in [0.25, 0.3) is 0 Å². The van der Waals surface area contributed by atoms with E-state index in [1.807, 2.05) is 30.3 Å². The Morgan fingerprint density at radius 1 is 1.06 bits per heavy atom. The van der Waals surface area contributed by atoms with Gasteiger partial charge in [0.15, 0.2) is 5.92 Å². The number of carbonyl (C=O) groups is 2. The number of ether oxygens (including phenoxy) is 2. The molecule has 0 spiro atoms. The van der Waals surface area contributed by atoms with Crippen molar-refractivity contribution in [3.05, 3.63) is 65.7 Å². The fourth-order valence-corrected chi connectivity index (χ4v) is 4.23. The number of esters is 1. The number of nitrogens with zero attached hydrogens (tertiary/aromatic N) is 3. The van der Waals surface area contributed by atoms with Gasteiger partial charge in [-0.25, -0.2) is 4.99 Å². The minimum atomic E-state index is -1.03. The van der Waals surface area contributed by atoms with Gasteiger partial charge in [0, 0.05) is 32.7 Å². The summed E-state index contributed by atoms with van der Waals surface area (Å²) < 4.78 is 10.4. The van der Waals surface area contributed by atoms with E-state index in [0.29, 0.717) is 11.7 Å². The molecule has 4 rings (SSSR count). The van der Waals surface area contributed by atoms with Crippen LogP contribution < -0.4 is 10.1 Å². The first-order valence-electron chi connectivity index (χ1n) is 11.3. The van der Waals surface area contributed by atoms with Crippen molar-refractivity contribution in [1.29, 1.82) is 0 Å². The maximum absolute atomic E-state index is 13.0. The molecule has 1 amide bonds. The highest BCUT2D eigenvalue weighted by Gasteiger charge is 2.42. The van der Waals surface area contributed by atoms with Crippen molar-refractivity contribution in [1.82, 2.24) is 15.1 Å². The number of hydrogen-bond donors (Lipinski definition) is 1. The van der Waals surface area contributed by atoms with Crippen molar-refractivity contribution in [3.63, 3.8) is 0 Å². The van der Waals surface area contributed by atoms with Gasteiger partial charge in [0.2, 0.25) is 11.9 Å². The summed E-state index contributed by atoms with van der Waals surface area (Å²) in [5, 5.41) is 2.86. The first-order chi connectivity index (χ1) is 16.1. The SMILES string of the molecule is CCOC(=O)[C@H]1C(=O)NC(N2CCN(Cc3ccccc3)CC2)=N[C@H]1c1ccc(OC)cc1. The molecule has 8 heteroatoms. The van der Waals surface area contributed by atoms with Gasteiger partial charge >= 0.3 is 5.97 Å². The van der Waals surface area contributed by atoms with E-state index in [0.717, 1.165) is 38.3 Å². The average molecular weight is 451 g/mol. The normalized spacial score (nSPS) is 21.2. The van der Waals surface area contributed by atoms with E-state index in [1.165, 1.54) is 5.56 Å². The molecule has 8 nitrogen and oxygen atoms in total. The van der Waals surface area contributed by atoms with Crippen molar-refractivity contribution < 1.29 is 19.1 Å². The van der Waals surface area contributed by atoms with Gasteiger partial charge in [0.05, 0.1) is 13.7 Å². The van der Waals surface area contributed by atoms with Crippen molar-refractivity contribution in [3.8, 4) is 5.75 Å². The molecule has 0 saturated carbocycles. The van der Waals surface area contributed by atoms with E-state index in [4.69, 9.17) is 14.5 Å². The third kappa shape index (κ3) is 5.34. The van der Waals surface area contributed by atoms with Crippen LogP contribution in [0.2, 0.25) is 0 Å². The van der Waals surface area contributed by atoms with Gasteiger partial charge in [-0.2, -0.15) is 0 Å². The topological polar surface area (TPSA) is 83.5 Å². The van der Waals surface area contributed by atoms with Crippen LogP contribution in [0.5, 0.6) is 5.75 Å². The summed E-state index contributed by atoms with van der Waals surface area (Å²) in [6.07, 6.45) is 0. The summed E-state index contributed by atoms with van der Waals surface area (Å²) in [6, 6.07) is 17.0. The van der Waals surface area contributed by atoms with Crippen LogP contribution in [-0.2, 0) is 20.9 Å². The number of amides is 1. The minimum absolute atomic E-state index is 0.206. The molecule has 0 aliphatic carbocycles. The summed E-state index contributed by atoms with van der Waals surface area (Å²) in [6.45, 7) is 6.03. The Balaban J connectivity index is 1.51. The molecule has 1 N–H and O–H groups in total. The molecule has 0 bridgehead atoms. The van der Waals surface area contributed by atoms with E-state index in [-0.39, 0.29) is 12.5 Å². The predicted octanol–water partition coefficient (Wildman–Crippen LogP) is 2.22. The first-order valence-corrected chi connectivity index (χ1v) is 11.3. The maximum Gasteiger partial charge on any atom is 0.321 e. The molecule has 174 valence electrons. The van der Waals surface area contributed by atoms with Gasteiger partial charge in [0.1, 0.15) is 11.8 Å². The molecule has 0 radical (unpaired) electrons. The zero-order valence-corrected chi connectivity index (χ0v) is 19.1. The molecule has 2 heterocycles. The molecule has 2 atom stereocenters. The Labute approximate surface area is 194 Å². The number of benzene rings is 2. The van der Waals surface area contributed by atoms with Crippen LogP contribution in [0.25, 0.3) is 0 Å². The smallest absolute Gasteiger partial charge is 0.321 e. The molecule has 2 aromatic rings.